The maximum atomic E-state index is 13.3. The Morgan fingerprint density at radius 1 is 1.21 bits per heavy atom. The van der Waals surface area contributed by atoms with Gasteiger partial charge in [-0.1, -0.05) is 49.4 Å². The van der Waals surface area contributed by atoms with Crippen molar-refractivity contribution in [3.63, 3.8) is 0 Å². The van der Waals surface area contributed by atoms with Crippen LogP contribution in [0.1, 0.15) is 44.1 Å². The molecule has 2 N–H and O–H groups in total. The molecular formula is C15H21ClFNO. The normalized spacial score (nSPS) is 19.1. The zero-order valence-corrected chi connectivity index (χ0v) is 11.9. The van der Waals surface area contributed by atoms with E-state index in [2.05, 4.69) is 0 Å². The highest BCUT2D eigenvalue weighted by Crippen LogP contribution is 2.26. The van der Waals surface area contributed by atoms with Gasteiger partial charge in [0.05, 0.1) is 18.2 Å². The molecule has 0 radical (unpaired) electrons. The third-order valence-electron chi connectivity index (χ3n) is 3.78. The zero-order chi connectivity index (χ0) is 13.7. The van der Waals surface area contributed by atoms with Gasteiger partial charge >= 0.3 is 0 Å². The van der Waals surface area contributed by atoms with Crippen molar-refractivity contribution < 1.29 is 9.13 Å². The largest absolute Gasteiger partial charge is 0.375 e. The molecule has 0 bridgehead atoms. The number of rotatable bonds is 4. The highest BCUT2D eigenvalue weighted by molar-refractivity contribution is 6.31. The number of ether oxygens (including phenoxy) is 1. The van der Waals surface area contributed by atoms with Gasteiger partial charge in [0.15, 0.2) is 0 Å². The fourth-order valence-corrected chi connectivity index (χ4v) is 2.78. The lowest BCUT2D eigenvalue weighted by Crippen LogP contribution is -2.43. The maximum absolute atomic E-state index is 13.3. The Kier molecular flexibility index (Phi) is 5.20. The van der Waals surface area contributed by atoms with Gasteiger partial charge in [0.25, 0.3) is 0 Å². The van der Waals surface area contributed by atoms with E-state index in [1.807, 2.05) is 0 Å². The van der Waals surface area contributed by atoms with Gasteiger partial charge in [-0.2, -0.15) is 0 Å². The van der Waals surface area contributed by atoms with Crippen LogP contribution in [0.5, 0.6) is 0 Å². The first kappa shape index (κ1) is 14.8. The van der Waals surface area contributed by atoms with E-state index in [0.717, 1.165) is 12.8 Å². The summed E-state index contributed by atoms with van der Waals surface area (Å²) in [5, 5.41) is 0.148. The second kappa shape index (κ2) is 6.69. The van der Waals surface area contributed by atoms with Gasteiger partial charge in [-0.05, 0) is 24.5 Å². The quantitative estimate of drug-likeness (QED) is 0.847. The molecule has 0 spiro atoms. The Labute approximate surface area is 119 Å². The average molecular weight is 286 g/mol. The first-order valence-corrected chi connectivity index (χ1v) is 7.28. The summed E-state index contributed by atoms with van der Waals surface area (Å²) < 4.78 is 19.0. The van der Waals surface area contributed by atoms with E-state index in [9.17, 15) is 4.39 Å². The maximum Gasteiger partial charge on any atom is 0.142 e. The summed E-state index contributed by atoms with van der Waals surface area (Å²) >= 11 is 5.89. The third-order valence-corrected chi connectivity index (χ3v) is 4.20. The summed E-state index contributed by atoms with van der Waals surface area (Å²) in [4.78, 5) is 0. The minimum absolute atomic E-state index is 0.148. The van der Waals surface area contributed by atoms with Crippen molar-refractivity contribution in [2.75, 3.05) is 6.61 Å². The Balaban J connectivity index is 1.87. The minimum Gasteiger partial charge on any atom is -0.375 e. The van der Waals surface area contributed by atoms with Crippen LogP contribution in [0.25, 0.3) is 0 Å². The second-order valence-corrected chi connectivity index (χ2v) is 5.86. The van der Waals surface area contributed by atoms with Crippen molar-refractivity contribution in [2.24, 2.45) is 5.73 Å². The standard InChI is InChI=1S/C15H21ClFNO/c16-14-12(6-5-7-13(14)17)10-19-11-15(18)8-3-1-2-4-9-15/h5-7H,1-4,8-11,18H2. The monoisotopic (exact) mass is 285 g/mol. The Bertz CT molecular complexity index is 417. The van der Waals surface area contributed by atoms with Crippen molar-refractivity contribution in [3.8, 4) is 0 Å². The van der Waals surface area contributed by atoms with Gasteiger partial charge in [-0.15, -0.1) is 0 Å². The summed E-state index contributed by atoms with van der Waals surface area (Å²) in [6, 6.07) is 4.77. The highest BCUT2D eigenvalue weighted by atomic mass is 35.5. The van der Waals surface area contributed by atoms with E-state index < -0.39 is 5.82 Å². The molecule has 2 nitrogen and oxygen atoms in total. The number of halogens is 2. The number of hydrogen-bond donors (Lipinski definition) is 1. The molecule has 0 atom stereocenters. The topological polar surface area (TPSA) is 35.2 Å². The fourth-order valence-electron chi connectivity index (χ4n) is 2.60. The van der Waals surface area contributed by atoms with Crippen LogP contribution in [0.2, 0.25) is 5.02 Å². The molecule has 0 saturated heterocycles. The smallest absolute Gasteiger partial charge is 0.142 e. The summed E-state index contributed by atoms with van der Waals surface area (Å²) in [5.41, 5.74) is 6.81. The van der Waals surface area contributed by atoms with E-state index in [0.29, 0.717) is 18.8 Å². The van der Waals surface area contributed by atoms with Crippen LogP contribution in [0.3, 0.4) is 0 Å². The molecule has 0 aromatic heterocycles. The minimum atomic E-state index is -0.403. The lowest BCUT2D eigenvalue weighted by Gasteiger charge is -2.27. The molecule has 1 aliphatic rings. The van der Waals surface area contributed by atoms with Crippen molar-refractivity contribution in [1.82, 2.24) is 0 Å². The molecule has 0 unspecified atom stereocenters. The third kappa shape index (κ3) is 4.16. The van der Waals surface area contributed by atoms with Crippen molar-refractivity contribution in [1.29, 1.82) is 0 Å². The number of nitrogens with two attached hydrogens (primary N) is 1. The van der Waals surface area contributed by atoms with Gasteiger partial charge in [0.2, 0.25) is 0 Å². The van der Waals surface area contributed by atoms with Gasteiger partial charge in [0.1, 0.15) is 5.82 Å². The summed E-state index contributed by atoms with van der Waals surface area (Å²) in [6.45, 7) is 0.829. The van der Waals surface area contributed by atoms with E-state index in [1.165, 1.54) is 31.7 Å². The number of hydrogen-bond acceptors (Lipinski definition) is 2. The summed E-state index contributed by atoms with van der Waals surface area (Å²) in [5.74, 6) is -0.403. The average Bonchev–Trinajstić information content (AvgIpc) is 2.60. The van der Waals surface area contributed by atoms with Gasteiger partial charge < -0.3 is 10.5 Å². The molecular weight excluding hydrogens is 265 g/mol. The van der Waals surface area contributed by atoms with Crippen LogP contribution in [-0.2, 0) is 11.3 Å². The lowest BCUT2D eigenvalue weighted by molar-refractivity contribution is 0.0666. The zero-order valence-electron chi connectivity index (χ0n) is 11.1. The first-order valence-electron chi connectivity index (χ1n) is 6.90. The SMILES string of the molecule is NC1(COCc2cccc(F)c2Cl)CCCCCC1. The second-order valence-electron chi connectivity index (χ2n) is 5.48. The molecule has 2 rings (SSSR count). The lowest BCUT2D eigenvalue weighted by atomic mass is 9.92. The fraction of sp³-hybridized carbons (Fsp3) is 0.600. The molecule has 1 aliphatic carbocycles. The van der Waals surface area contributed by atoms with E-state index in [-0.39, 0.29) is 10.6 Å². The van der Waals surface area contributed by atoms with E-state index >= 15 is 0 Å². The van der Waals surface area contributed by atoms with E-state index in [4.69, 9.17) is 22.1 Å². The van der Waals surface area contributed by atoms with Crippen LogP contribution in [0.4, 0.5) is 4.39 Å². The molecule has 4 heteroatoms. The molecule has 1 saturated carbocycles. The Hall–Kier alpha value is -0.640. The molecule has 0 amide bonds. The first-order chi connectivity index (χ1) is 9.11. The van der Waals surface area contributed by atoms with E-state index in [1.54, 1.807) is 12.1 Å². The molecule has 1 aromatic carbocycles. The molecule has 1 aromatic rings. The highest BCUT2D eigenvalue weighted by Gasteiger charge is 2.26. The molecule has 1 fully saturated rings. The van der Waals surface area contributed by atoms with Crippen molar-refractivity contribution in [2.45, 2.75) is 50.7 Å². The molecule has 106 valence electrons. The predicted molar refractivity (Wildman–Crippen MR) is 75.7 cm³/mol. The van der Waals surface area contributed by atoms with Gasteiger partial charge in [-0.3, -0.25) is 0 Å². The molecule has 0 heterocycles. The number of benzene rings is 1. The van der Waals surface area contributed by atoms with Gasteiger partial charge in [-0.25, -0.2) is 4.39 Å². The van der Waals surface area contributed by atoms with Crippen LogP contribution in [0, 0.1) is 5.82 Å². The van der Waals surface area contributed by atoms with Crippen LogP contribution in [-0.4, -0.2) is 12.1 Å². The molecule has 0 aliphatic heterocycles. The summed E-state index contributed by atoms with van der Waals surface area (Å²) in [6.07, 6.45) is 6.86. The van der Waals surface area contributed by atoms with Crippen LogP contribution in [0.15, 0.2) is 18.2 Å². The van der Waals surface area contributed by atoms with Crippen molar-refractivity contribution >= 4 is 11.6 Å². The summed E-state index contributed by atoms with van der Waals surface area (Å²) in [7, 11) is 0. The van der Waals surface area contributed by atoms with Gasteiger partial charge in [0, 0.05) is 5.54 Å². The van der Waals surface area contributed by atoms with Crippen LogP contribution >= 0.6 is 11.6 Å². The Morgan fingerprint density at radius 3 is 2.58 bits per heavy atom. The Morgan fingerprint density at radius 2 is 1.89 bits per heavy atom. The van der Waals surface area contributed by atoms with Crippen LogP contribution < -0.4 is 5.73 Å². The molecule has 19 heavy (non-hydrogen) atoms. The predicted octanol–water partition coefficient (Wildman–Crippen LogP) is 4.05. The van der Waals surface area contributed by atoms with Crippen molar-refractivity contribution in [3.05, 3.63) is 34.6 Å².